The highest BCUT2D eigenvalue weighted by Gasteiger charge is 2.47. The molecule has 45 heavy (non-hydrogen) atoms. The van der Waals surface area contributed by atoms with Crippen LogP contribution in [0.5, 0.6) is 11.9 Å². The van der Waals surface area contributed by atoms with Gasteiger partial charge < -0.3 is 24.0 Å². The Bertz CT molecular complexity index is 1470. The van der Waals surface area contributed by atoms with Crippen LogP contribution in [0.3, 0.4) is 0 Å². The van der Waals surface area contributed by atoms with Crippen LogP contribution in [0.4, 0.5) is 23.8 Å². The van der Waals surface area contributed by atoms with E-state index in [0.29, 0.717) is 56.8 Å². The maximum atomic E-state index is 15.6. The number of carbonyl (C=O) groups is 1. The zero-order valence-electron chi connectivity index (χ0n) is 26.2. The summed E-state index contributed by atoms with van der Waals surface area (Å²) in [7, 11) is 0. The fraction of sp³-hybridized carbons (Fsp3) is 0.677. The van der Waals surface area contributed by atoms with Crippen LogP contribution in [-0.4, -0.2) is 94.5 Å². The number of carbonyl (C=O) groups excluding carboxylic acids is 1. The Morgan fingerprint density at radius 3 is 2.29 bits per heavy atom. The summed E-state index contributed by atoms with van der Waals surface area (Å²) in [5, 5.41) is -0.0621. The van der Waals surface area contributed by atoms with E-state index in [1.54, 1.807) is 6.92 Å². The second-order valence-corrected chi connectivity index (χ2v) is 14.0. The van der Waals surface area contributed by atoms with Gasteiger partial charge in [-0.2, -0.15) is 23.7 Å². The molecule has 0 aromatic carbocycles. The van der Waals surface area contributed by atoms with E-state index in [2.05, 4.69) is 14.9 Å². The fourth-order valence-corrected chi connectivity index (χ4v) is 6.85. The van der Waals surface area contributed by atoms with Gasteiger partial charge in [-0.3, -0.25) is 4.90 Å². The number of halogens is 4. The summed E-state index contributed by atoms with van der Waals surface area (Å²) in [6.07, 6.45) is 2.31. The molecular formula is C31H40ClF3N6O4. The van der Waals surface area contributed by atoms with Gasteiger partial charge in [0.05, 0.1) is 25.3 Å². The number of piperidine rings is 1. The molecule has 0 radical (unpaired) electrons. The highest BCUT2D eigenvalue weighted by molar-refractivity contribution is 6.30. The molecule has 2 bridgehead atoms. The van der Waals surface area contributed by atoms with Crippen molar-refractivity contribution >= 4 is 34.4 Å². The van der Waals surface area contributed by atoms with E-state index in [9.17, 15) is 13.6 Å². The number of hydrogen-bond acceptors (Lipinski definition) is 9. The van der Waals surface area contributed by atoms with Crippen LogP contribution in [0.15, 0.2) is 11.7 Å². The van der Waals surface area contributed by atoms with Crippen LogP contribution in [0.1, 0.15) is 66.2 Å². The first-order valence-electron chi connectivity index (χ1n) is 15.7. The number of piperazine rings is 1. The van der Waals surface area contributed by atoms with Gasteiger partial charge in [-0.05, 0) is 71.8 Å². The summed E-state index contributed by atoms with van der Waals surface area (Å²) in [5.41, 5.74) is -0.561. The zero-order valence-corrected chi connectivity index (χ0v) is 26.9. The molecule has 5 heterocycles. The number of pyridine rings is 1. The first kappa shape index (κ1) is 31.9. The summed E-state index contributed by atoms with van der Waals surface area (Å²) in [6.45, 7) is 10.7. The Balaban J connectivity index is 1.27. The first-order chi connectivity index (χ1) is 21.4. The molecule has 1 aliphatic carbocycles. The lowest BCUT2D eigenvalue weighted by Crippen LogP contribution is -2.57. The van der Waals surface area contributed by atoms with Gasteiger partial charge in [-0.15, -0.1) is 0 Å². The largest absolute Gasteiger partial charge is 0.477 e. The second-order valence-electron chi connectivity index (χ2n) is 13.6. The van der Waals surface area contributed by atoms with E-state index in [0.717, 1.165) is 32.2 Å². The maximum Gasteiger partial charge on any atom is 0.410 e. The average Bonchev–Trinajstić information content (AvgIpc) is 3.69. The van der Waals surface area contributed by atoms with E-state index < -0.39 is 17.5 Å². The molecule has 246 valence electrons. The maximum absolute atomic E-state index is 15.6. The molecule has 2 aromatic rings. The van der Waals surface area contributed by atoms with Crippen LogP contribution in [0.2, 0.25) is 5.15 Å². The summed E-state index contributed by atoms with van der Waals surface area (Å²) < 4.78 is 59.3. The van der Waals surface area contributed by atoms with Gasteiger partial charge in [-0.1, -0.05) is 11.6 Å². The average molecular weight is 653 g/mol. The topological polar surface area (TPSA) is 93.2 Å². The van der Waals surface area contributed by atoms with Crippen LogP contribution in [-0.2, 0) is 4.74 Å². The van der Waals surface area contributed by atoms with Crippen molar-refractivity contribution in [3.8, 4) is 11.9 Å². The molecule has 4 fully saturated rings. The molecule has 6 rings (SSSR count). The van der Waals surface area contributed by atoms with Crippen molar-refractivity contribution < 1.29 is 32.2 Å². The van der Waals surface area contributed by atoms with Gasteiger partial charge in [0.2, 0.25) is 5.88 Å². The predicted molar refractivity (Wildman–Crippen MR) is 163 cm³/mol. The van der Waals surface area contributed by atoms with Crippen molar-refractivity contribution in [2.24, 2.45) is 5.41 Å². The smallest absolute Gasteiger partial charge is 0.410 e. The molecule has 14 heteroatoms. The number of fused-ring (bicyclic) bond motifs is 3. The van der Waals surface area contributed by atoms with Gasteiger partial charge in [0.15, 0.2) is 11.0 Å². The molecule has 0 spiro atoms. The van der Waals surface area contributed by atoms with Crippen molar-refractivity contribution in [3.63, 3.8) is 0 Å². The quantitative estimate of drug-likeness (QED) is 0.309. The minimum atomic E-state index is -1.56. The summed E-state index contributed by atoms with van der Waals surface area (Å²) in [5.74, 6) is -0.252. The number of aromatic nitrogens is 3. The molecular weight excluding hydrogens is 613 g/mol. The Morgan fingerprint density at radius 1 is 1.04 bits per heavy atom. The van der Waals surface area contributed by atoms with Crippen molar-refractivity contribution in [2.75, 3.05) is 50.8 Å². The summed E-state index contributed by atoms with van der Waals surface area (Å²) in [4.78, 5) is 32.5. The van der Waals surface area contributed by atoms with Crippen LogP contribution in [0.25, 0.3) is 10.9 Å². The Labute approximate surface area is 265 Å². The molecule has 3 saturated heterocycles. The lowest BCUT2D eigenvalue weighted by molar-refractivity contribution is 0.0122. The number of nitrogens with zero attached hydrogens (tertiary/aromatic N) is 6. The summed E-state index contributed by atoms with van der Waals surface area (Å²) in [6, 6.07) is -0.221. The van der Waals surface area contributed by atoms with Crippen LogP contribution >= 0.6 is 11.6 Å². The predicted octanol–water partition coefficient (Wildman–Crippen LogP) is 6.21. The molecule has 4 aliphatic rings. The normalized spacial score (nSPS) is 23.0. The number of likely N-dealkylation sites (tertiary alicyclic amines) is 1. The molecule has 0 unspecified atom stereocenters. The molecule has 2 atom stereocenters. The van der Waals surface area contributed by atoms with E-state index in [1.165, 1.54) is 0 Å². The summed E-state index contributed by atoms with van der Waals surface area (Å²) >= 11 is 6.19. The van der Waals surface area contributed by atoms with E-state index in [-0.39, 0.29) is 58.3 Å². The van der Waals surface area contributed by atoms with Gasteiger partial charge in [0.25, 0.3) is 6.08 Å². The number of amides is 1. The first-order valence-corrected chi connectivity index (χ1v) is 16.1. The minimum Gasteiger partial charge on any atom is -0.477 e. The number of ether oxygens (including phenoxy) is 3. The molecule has 0 N–H and O–H groups in total. The van der Waals surface area contributed by atoms with E-state index in [1.807, 2.05) is 30.6 Å². The Hall–Kier alpha value is -3.06. The minimum absolute atomic E-state index is 0.0117. The standard InChI is InChI=1S/C31H40ClF3N6O4/c1-5-43-27-21-23(22(33)24(32)37-27)36-28(44-17-31(10-11-31)16-39-12-8-18(9-13-39)25(34)35)38-26(21)40-14-19-6-7-20(15-40)41(19)29(42)45-30(2,3)4/h19-20H,5-17H2,1-4H3/t19-,20+. The Kier molecular flexibility index (Phi) is 8.70. The third-order valence-electron chi connectivity index (χ3n) is 9.09. The lowest BCUT2D eigenvalue weighted by Gasteiger charge is -2.42. The monoisotopic (exact) mass is 652 g/mol. The van der Waals surface area contributed by atoms with Crippen molar-refractivity contribution in [1.82, 2.24) is 24.8 Å². The van der Waals surface area contributed by atoms with Crippen LogP contribution < -0.4 is 14.4 Å². The van der Waals surface area contributed by atoms with Crippen LogP contribution in [0, 0.1) is 11.2 Å². The third-order valence-corrected chi connectivity index (χ3v) is 9.34. The number of anilines is 1. The molecule has 1 saturated carbocycles. The SMILES string of the molecule is CCOc1nc(Cl)c(F)c2nc(OCC3(CN4CCC(=C(F)F)CC4)CC3)nc(N3C[C@H]4CC[C@@H](C3)N4C(=O)OC(C)(C)C)c12. The lowest BCUT2D eigenvalue weighted by atomic mass is 10.0. The number of rotatable bonds is 8. The van der Waals surface area contributed by atoms with E-state index >= 15 is 4.39 Å². The molecule has 3 aliphatic heterocycles. The van der Waals surface area contributed by atoms with Crippen molar-refractivity contribution in [3.05, 3.63) is 22.6 Å². The van der Waals surface area contributed by atoms with Crippen molar-refractivity contribution in [2.45, 2.75) is 83.9 Å². The van der Waals surface area contributed by atoms with Gasteiger partial charge in [-0.25, -0.2) is 9.18 Å². The van der Waals surface area contributed by atoms with Gasteiger partial charge in [0, 0.05) is 38.1 Å². The molecule has 10 nitrogen and oxygen atoms in total. The van der Waals surface area contributed by atoms with Gasteiger partial charge in [0.1, 0.15) is 22.3 Å². The van der Waals surface area contributed by atoms with Crippen molar-refractivity contribution in [1.29, 1.82) is 0 Å². The third kappa shape index (κ3) is 6.74. The fourth-order valence-electron chi connectivity index (χ4n) is 6.69. The second kappa shape index (κ2) is 12.3. The van der Waals surface area contributed by atoms with Gasteiger partial charge >= 0.3 is 12.1 Å². The highest BCUT2D eigenvalue weighted by Crippen LogP contribution is 2.47. The van der Waals surface area contributed by atoms with E-state index in [4.69, 9.17) is 30.8 Å². The highest BCUT2D eigenvalue weighted by atomic mass is 35.5. The zero-order chi connectivity index (χ0) is 32.1. The Morgan fingerprint density at radius 2 is 1.71 bits per heavy atom. The number of hydrogen-bond donors (Lipinski definition) is 0. The molecule has 1 amide bonds. The molecule has 2 aromatic heterocycles.